The largest absolute Gasteiger partial charge is 0.467 e. The second-order valence-corrected chi connectivity index (χ2v) is 10.2. The Labute approximate surface area is 184 Å². The first kappa shape index (κ1) is 25.3. The molecule has 0 aromatic heterocycles. The van der Waals surface area contributed by atoms with Crippen molar-refractivity contribution in [3.63, 3.8) is 0 Å². The molecule has 0 N–H and O–H groups in total. The first-order valence-electron chi connectivity index (χ1n) is 10.7. The first-order chi connectivity index (χ1) is 14.2. The predicted octanol–water partition coefficient (Wildman–Crippen LogP) is 3.95. The number of ether oxygens (including phenoxy) is 2. The number of amides is 1. The lowest BCUT2D eigenvalue weighted by molar-refractivity contribution is -0.147. The molecule has 0 aromatic rings. The fourth-order valence-corrected chi connectivity index (χ4v) is 3.97. The minimum atomic E-state index is -0.881. The van der Waals surface area contributed by atoms with Gasteiger partial charge < -0.3 is 18.8 Å². The Morgan fingerprint density at radius 1 is 1.23 bits per heavy atom. The number of methoxy groups -OCH3 is 1. The van der Waals surface area contributed by atoms with Gasteiger partial charge in [0, 0.05) is 17.4 Å². The first-order valence-corrected chi connectivity index (χ1v) is 10.7. The van der Waals surface area contributed by atoms with E-state index in [2.05, 4.69) is 10.0 Å². The van der Waals surface area contributed by atoms with E-state index in [4.69, 9.17) is 24.3 Å². The molecule has 2 aliphatic heterocycles. The van der Waals surface area contributed by atoms with E-state index < -0.39 is 46.9 Å². The molecule has 0 aromatic carbocycles. The molecule has 2 rings (SSSR count). The number of esters is 1. The number of nitrogens with zero attached hydrogens (tertiary/aromatic N) is 4. The summed E-state index contributed by atoms with van der Waals surface area (Å²) in [5.74, 6) is -0.944. The van der Waals surface area contributed by atoms with Crippen LogP contribution in [0.5, 0.6) is 0 Å². The predicted molar refractivity (Wildman–Crippen MR) is 115 cm³/mol. The third-order valence-electron chi connectivity index (χ3n) is 6.17. The maximum atomic E-state index is 12.7. The molecule has 2 aliphatic rings. The minimum Gasteiger partial charge on any atom is -0.467 e. The van der Waals surface area contributed by atoms with Crippen LogP contribution in [0.15, 0.2) is 5.11 Å². The van der Waals surface area contributed by atoms with Gasteiger partial charge in [-0.2, -0.15) is 0 Å². The van der Waals surface area contributed by atoms with Gasteiger partial charge in [0.25, 0.3) is 0 Å². The summed E-state index contributed by atoms with van der Waals surface area (Å²) in [4.78, 5) is 29.6. The molecule has 2 fully saturated rings. The number of hydrogen-bond donors (Lipinski definition) is 0. The molecule has 174 valence electrons. The molecule has 10 nitrogen and oxygen atoms in total. The molecular formula is C20H35BN4O6. The zero-order valence-electron chi connectivity index (χ0n) is 19.9. The van der Waals surface area contributed by atoms with E-state index in [0.29, 0.717) is 19.2 Å². The standard InChI is InChI=1S/C20H35BN4O6/c1-18(2,3)29-17(27)25-12-14(23-24-22)13(15(25)16(26)28-8)10-9-11-21-30-19(4,5)20(6,7)31-21/h13-15H,9-12H2,1-8H3/t13-,14?,15+/m1/s1. The van der Waals surface area contributed by atoms with Crippen LogP contribution in [0.3, 0.4) is 0 Å². The fourth-order valence-electron chi connectivity index (χ4n) is 3.97. The van der Waals surface area contributed by atoms with E-state index in [1.807, 2.05) is 27.7 Å². The van der Waals surface area contributed by atoms with Crippen molar-refractivity contribution >= 4 is 19.2 Å². The van der Waals surface area contributed by atoms with Crippen LogP contribution in [-0.4, -0.2) is 66.6 Å². The monoisotopic (exact) mass is 438 g/mol. The summed E-state index contributed by atoms with van der Waals surface area (Å²) in [5, 5.41) is 3.86. The van der Waals surface area contributed by atoms with Crippen molar-refractivity contribution < 1.29 is 28.4 Å². The molecule has 2 saturated heterocycles. The van der Waals surface area contributed by atoms with Crippen LogP contribution in [0, 0.1) is 5.92 Å². The molecule has 0 saturated carbocycles. The third-order valence-corrected chi connectivity index (χ3v) is 6.17. The van der Waals surface area contributed by atoms with Gasteiger partial charge in [-0.25, -0.2) is 9.59 Å². The highest BCUT2D eigenvalue weighted by atomic mass is 16.7. The molecule has 2 heterocycles. The Kier molecular flexibility index (Phi) is 7.56. The summed E-state index contributed by atoms with van der Waals surface area (Å²) in [6, 6.07) is -1.44. The van der Waals surface area contributed by atoms with Gasteiger partial charge in [-0.15, -0.1) is 0 Å². The zero-order chi connectivity index (χ0) is 23.6. The van der Waals surface area contributed by atoms with Gasteiger partial charge in [-0.3, -0.25) is 4.90 Å². The van der Waals surface area contributed by atoms with Crippen LogP contribution in [-0.2, 0) is 23.6 Å². The van der Waals surface area contributed by atoms with Crippen molar-refractivity contribution in [2.24, 2.45) is 11.0 Å². The van der Waals surface area contributed by atoms with Gasteiger partial charge in [0.15, 0.2) is 0 Å². The van der Waals surface area contributed by atoms with Crippen molar-refractivity contribution in [2.45, 2.75) is 96.5 Å². The lowest BCUT2D eigenvalue weighted by Gasteiger charge is -2.32. The maximum Gasteiger partial charge on any atom is 0.457 e. The van der Waals surface area contributed by atoms with E-state index in [9.17, 15) is 9.59 Å². The SMILES string of the molecule is COC(=O)[C@@H]1[C@H](CCCB2OC(C)(C)C(C)(C)O2)C(N=[N+]=[N-])CN1C(=O)OC(C)(C)C. The van der Waals surface area contributed by atoms with Crippen molar-refractivity contribution in [3.8, 4) is 0 Å². The van der Waals surface area contributed by atoms with Crippen LogP contribution in [0.1, 0.15) is 61.3 Å². The summed E-state index contributed by atoms with van der Waals surface area (Å²) in [6.07, 6.45) is 1.18. The van der Waals surface area contributed by atoms with Crippen molar-refractivity contribution in [1.29, 1.82) is 0 Å². The number of rotatable bonds is 6. The molecular weight excluding hydrogens is 403 g/mol. The average molecular weight is 438 g/mol. The van der Waals surface area contributed by atoms with E-state index in [1.54, 1.807) is 20.8 Å². The van der Waals surface area contributed by atoms with Gasteiger partial charge >= 0.3 is 19.2 Å². The lowest BCUT2D eigenvalue weighted by Crippen LogP contribution is -2.46. The lowest BCUT2D eigenvalue weighted by atomic mass is 9.79. The Hall–Kier alpha value is -1.97. The van der Waals surface area contributed by atoms with Crippen LogP contribution in [0.25, 0.3) is 10.4 Å². The summed E-state index contributed by atoms with van der Waals surface area (Å²) in [6.45, 7) is 13.3. The third kappa shape index (κ3) is 5.84. The highest BCUT2D eigenvalue weighted by molar-refractivity contribution is 6.45. The summed E-state index contributed by atoms with van der Waals surface area (Å²) < 4.78 is 22.5. The second-order valence-electron chi connectivity index (χ2n) is 10.2. The van der Waals surface area contributed by atoms with Crippen LogP contribution in [0.2, 0.25) is 6.32 Å². The molecule has 0 bridgehead atoms. The normalized spacial score (nSPS) is 27.0. The summed E-state index contributed by atoms with van der Waals surface area (Å²) in [5.41, 5.74) is 7.47. The van der Waals surface area contributed by atoms with E-state index in [1.165, 1.54) is 12.0 Å². The molecule has 0 radical (unpaired) electrons. The fraction of sp³-hybridized carbons (Fsp3) is 0.900. The smallest absolute Gasteiger partial charge is 0.457 e. The van der Waals surface area contributed by atoms with E-state index in [0.717, 1.165) is 0 Å². The Morgan fingerprint density at radius 2 is 1.81 bits per heavy atom. The number of azide groups is 1. The van der Waals surface area contributed by atoms with Crippen LogP contribution >= 0.6 is 0 Å². The van der Waals surface area contributed by atoms with Crippen molar-refractivity contribution in [3.05, 3.63) is 10.4 Å². The zero-order valence-corrected chi connectivity index (χ0v) is 19.9. The van der Waals surface area contributed by atoms with Gasteiger partial charge in [0.1, 0.15) is 11.6 Å². The quantitative estimate of drug-likeness (QED) is 0.203. The second kappa shape index (κ2) is 9.26. The molecule has 1 unspecified atom stereocenters. The van der Waals surface area contributed by atoms with Crippen LogP contribution < -0.4 is 0 Å². The Balaban J connectivity index is 2.13. The Bertz CT molecular complexity index is 716. The summed E-state index contributed by atoms with van der Waals surface area (Å²) >= 11 is 0. The topological polar surface area (TPSA) is 123 Å². The highest BCUT2D eigenvalue weighted by Crippen LogP contribution is 2.39. The number of carbonyl (C=O) groups excluding carboxylic acids is 2. The highest BCUT2D eigenvalue weighted by Gasteiger charge is 2.52. The summed E-state index contributed by atoms with van der Waals surface area (Å²) in [7, 11) is 0.917. The number of likely N-dealkylation sites (tertiary alicyclic amines) is 1. The van der Waals surface area contributed by atoms with Gasteiger partial charge in [-0.05, 0) is 66.7 Å². The molecule has 3 atom stereocenters. The van der Waals surface area contributed by atoms with Crippen molar-refractivity contribution in [1.82, 2.24) is 4.90 Å². The van der Waals surface area contributed by atoms with Gasteiger partial charge in [0.2, 0.25) is 0 Å². The van der Waals surface area contributed by atoms with E-state index >= 15 is 0 Å². The van der Waals surface area contributed by atoms with Gasteiger partial charge in [0.05, 0.1) is 24.4 Å². The molecule has 1 amide bonds. The Morgan fingerprint density at radius 3 is 2.29 bits per heavy atom. The number of carbonyl (C=O) groups is 2. The average Bonchev–Trinajstić information content (AvgIpc) is 3.07. The van der Waals surface area contributed by atoms with Crippen molar-refractivity contribution in [2.75, 3.05) is 13.7 Å². The van der Waals surface area contributed by atoms with E-state index in [-0.39, 0.29) is 13.7 Å². The van der Waals surface area contributed by atoms with Gasteiger partial charge in [-0.1, -0.05) is 11.5 Å². The maximum absolute atomic E-state index is 12.7. The number of hydrogen-bond acceptors (Lipinski definition) is 7. The molecule has 31 heavy (non-hydrogen) atoms. The van der Waals surface area contributed by atoms with Crippen LogP contribution in [0.4, 0.5) is 4.79 Å². The molecule has 0 spiro atoms. The minimum absolute atomic E-state index is 0.0971. The molecule has 0 aliphatic carbocycles. The molecule has 11 heteroatoms.